The molecule has 0 spiro atoms. The van der Waals surface area contributed by atoms with E-state index in [0.29, 0.717) is 21.7 Å². The van der Waals surface area contributed by atoms with Crippen LogP contribution in [0.1, 0.15) is 0 Å². The second-order valence-corrected chi connectivity index (χ2v) is 4.26. The molecule has 0 aliphatic heterocycles. The average molecular weight is 307 g/mol. The Morgan fingerprint density at radius 3 is 2.81 bits per heavy atom. The molecule has 86 valence electrons. The number of hydrogen-bond acceptors (Lipinski definition) is 3. The maximum atomic E-state index is 10.6. The zero-order chi connectivity index (χ0) is 12.1. The molecule has 0 fully saturated rings. The predicted octanol–water partition coefficient (Wildman–Crippen LogP) is 3.53. The molecule has 0 heterocycles. The Hall–Kier alpha value is -1.07. The summed E-state index contributed by atoms with van der Waals surface area (Å²) in [6, 6.07) is 4.41. The molecule has 1 aromatic carbocycles. The van der Waals surface area contributed by atoms with Gasteiger partial charge in [0.2, 0.25) is 0 Å². The summed E-state index contributed by atoms with van der Waals surface area (Å²) in [5.41, 5.74) is 0.685. The van der Waals surface area contributed by atoms with Crippen molar-refractivity contribution in [1.82, 2.24) is 0 Å². The van der Waals surface area contributed by atoms with Crippen molar-refractivity contribution in [2.24, 2.45) is 0 Å². The number of nitro groups is 1. The van der Waals surface area contributed by atoms with Crippen LogP contribution >= 0.6 is 27.5 Å². The lowest BCUT2D eigenvalue weighted by Crippen LogP contribution is -2.01. The summed E-state index contributed by atoms with van der Waals surface area (Å²) in [5, 5.41) is 10.6. The first-order valence-corrected chi connectivity index (χ1v) is 5.66. The van der Waals surface area contributed by atoms with Crippen LogP contribution in [-0.2, 0) is 0 Å². The van der Waals surface area contributed by atoms with E-state index in [2.05, 4.69) is 22.5 Å². The highest BCUT2D eigenvalue weighted by Crippen LogP contribution is 2.26. The summed E-state index contributed by atoms with van der Waals surface area (Å²) in [6.07, 6.45) is 0. The lowest BCUT2D eigenvalue weighted by molar-refractivity contribution is -0.385. The van der Waals surface area contributed by atoms with Crippen LogP contribution in [-0.4, -0.2) is 17.4 Å². The molecule has 0 aromatic heterocycles. The number of hydrogen-bond donors (Lipinski definition) is 0. The molecule has 4 nitrogen and oxygen atoms in total. The van der Waals surface area contributed by atoms with E-state index in [-0.39, 0.29) is 12.3 Å². The van der Waals surface area contributed by atoms with Gasteiger partial charge in [-0.3, -0.25) is 10.1 Å². The first-order chi connectivity index (χ1) is 7.52. The van der Waals surface area contributed by atoms with Gasteiger partial charge in [0, 0.05) is 16.4 Å². The summed E-state index contributed by atoms with van der Waals surface area (Å²) >= 11 is 8.71. The van der Waals surface area contributed by atoms with E-state index in [0.717, 1.165) is 0 Å². The zero-order valence-corrected chi connectivity index (χ0v) is 10.6. The molecule has 1 rings (SSSR count). The number of ether oxygens (including phenoxy) is 1. The highest BCUT2D eigenvalue weighted by Gasteiger charge is 2.09. The number of alkyl halides is 1. The van der Waals surface area contributed by atoms with Crippen LogP contribution in [0.3, 0.4) is 0 Å². The van der Waals surface area contributed by atoms with Crippen LogP contribution in [0.4, 0.5) is 5.69 Å². The first-order valence-electron chi connectivity index (χ1n) is 4.33. The summed E-state index contributed by atoms with van der Waals surface area (Å²) in [7, 11) is 0. The van der Waals surface area contributed by atoms with Gasteiger partial charge in [-0.25, -0.2) is 0 Å². The molecule has 0 amide bonds. The molecule has 0 radical (unpaired) electrons. The SMILES string of the molecule is C=C(CCl)COc1cc(Br)cc([N+](=O)[O-])c1. The van der Waals surface area contributed by atoms with E-state index >= 15 is 0 Å². The van der Waals surface area contributed by atoms with Crippen LogP contribution in [0.15, 0.2) is 34.8 Å². The minimum atomic E-state index is -0.478. The van der Waals surface area contributed by atoms with E-state index in [1.807, 2.05) is 0 Å². The third kappa shape index (κ3) is 3.83. The minimum Gasteiger partial charge on any atom is -0.489 e. The number of nitro benzene ring substituents is 1. The van der Waals surface area contributed by atoms with E-state index in [1.54, 1.807) is 6.07 Å². The lowest BCUT2D eigenvalue weighted by atomic mass is 10.3. The molecule has 0 unspecified atom stereocenters. The summed E-state index contributed by atoms with van der Waals surface area (Å²) in [6.45, 7) is 3.91. The van der Waals surface area contributed by atoms with Crippen molar-refractivity contribution in [1.29, 1.82) is 0 Å². The van der Waals surface area contributed by atoms with Crippen molar-refractivity contribution in [3.63, 3.8) is 0 Å². The second kappa shape index (κ2) is 5.86. The van der Waals surface area contributed by atoms with Gasteiger partial charge in [-0.1, -0.05) is 22.5 Å². The fraction of sp³-hybridized carbons (Fsp3) is 0.200. The monoisotopic (exact) mass is 305 g/mol. The number of nitrogens with zero attached hydrogens (tertiary/aromatic N) is 1. The van der Waals surface area contributed by atoms with E-state index in [4.69, 9.17) is 16.3 Å². The van der Waals surface area contributed by atoms with Crippen molar-refractivity contribution in [2.45, 2.75) is 0 Å². The fourth-order valence-electron chi connectivity index (χ4n) is 0.961. The smallest absolute Gasteiger partial charge is 0.274 e. The van der Waals surface area contributed by atoms with Crippen molar-refractivity contribution < 1.29 is 9.66 Å². The van der Waals surface area contributed by atoms with E-state index in [9.17, 15) is 10.1 Å². The van der Waals surface area contributed by atoms with E-state index < -0.39 is 4.92 Å². The normalized spacial score (nSPS) is 9.88. The van der Waals surface area contributed by atoms with Crippen LogP contribution < -0.4 is 4.74 Å². The van der Waals surface area contributed by atoms with Crippen molar-refractivity contribution >= 4 is 33.2 Å². The molecule has 0 bridgehead atoms. The summed E-state index contributed by atoms with van der Waals surface area (Å²) < 4.78 is 5.90. The fourth-order valence-corrected chi connectivity index (χ4v) is 1.50. The van der Waals surface area contributed by atoms with Gasteiger partial charge in [0.25, 0.3) is 5.69 Å². The third-order valence-corrected chi connectivity index (χ3v) is 2.53. The van der Waals surface area contributed by atoms with Crippen LogP contribution in [0, 0.1) is 10.1 Å². The Bertz CT molecular complexity index is 423. The maximum absolute atomic E-state index is 10.6. The molecule has 0 aliphatic rings. The average Bonchev–Trinajstić information content (AvgIpc) is 2.25. The minimum absolute atomic E-state index is 0.0270. The van der Waals surface area contributed by atoms with Gasteiger partial charge in [-0.05, 0) is 11.6 Å². The Kier molecular flexibility index (Phi) is 4.76. The third-order valence-electron chi connectivity index (χ3n) is 1.70. The number of halogens is 2. The highest BCUT2D eigenvalue weighted by atomic mass is 79.9. The topological polar surface area (TPSA) is 52.4 Å². The van der Waals surface area contributed by atoms with Gasteiger partial charge in [0.05, 0.1) is 11.0 Å². The van der Waals surface area contributed by atoms with Gasteiger partial charge < -0.3 is 4.74 Å². The Morgan fingerprint density at radius 1 is 1.56 bits per heavy atom. The molecule has 0 atom stereocenters. The maximum Gasteiger partial charge on any atom is 0.274 e. The van der Waals surface area contributed by atoms with Crippen molar-refractivity contribution in [2.75, 3.05) is 12.5 Å². The van der Waals surface area contributed by atoms with Gasteiger partial charge in [0.15, 0.2) is 0 Å². The largest absolute Gasteiger partial charge is 0.489 e. The molecule has 0 N–H and O–H groups in total. The number of non-ortho nitro benzene ring substituents is 1. The molecule has 0 saturated carbocycles. The summed E-state index contributed by atoms with van der Waals surface area (Å²) in [4.78, 5) is 10.1. The second-order valence-electron chi connectivity index (χ2n) is 3.07. The highest BCUT2D eigenvalue weighted by molar-refractivity contribution is 9.10. The van der Waals surface area contributed by atoms with Crippen LogP contribution in [0.5, 0.6) is 5.75 Å². The van der Waals surface area contributed by atoms with Crippen LogP contribution in [0.25, 0.3) is 0 Å². The number of rotatable bonds is 5. The molecule has 16 heavy (non-hydrogen) atoms. The quantitative estimate of drug-likeness (QED) is 0.362. The molecule has 0 saturated heterocycles. The van der Waals surface area contributed by atoms with Crippen molar-refractivity contribution in [3.8, 4) is 5.75 Å². The van der Waals surface area contributed by atoms with Gasteiger partial charge in [-0.2, -0.15) is 0 Å². The van der Waals surface area contributed by atoms with Gasteiger partial charge in [0.1, 0.15) is 12.4 Å². The molecule has 1 aromatic rings. The first kappa shape index (κ1) is 13.0. The molecular weight excluding hydrogens is 297 g/mol. The molecule has 0 aliphatic carbocycles. The van der Waals surface area contributed by atoms with Crippen LogP contribution in [0.2, 0.25) is 0 Å². The van der Waals surface area contributed by atoms with Gasteiger partial charge >= 0.3 is 0 Å². The molecular formula is C10H9BrClNO3. The summed E-state index contributed by atoms with van der Waals surface area (Å²) in [5.74, 6) is 0.711. The molecule has 6 heteroatoms. The van der Waals surface area contributed by atoms with E-state index in [1.165, 1.54) is 12.1 Å². The standard InChI is InChI=1S/C10H9BrClNO3/c1-7(5-12)6-16-10-3-8(11)2-9(4-10)13(14)15/h2-4H,1,5-6H2. The zero-order valence-electron chi connectivity index (χ0n) is 8.28. The van der Waals surface area contributed by atoms with Crippen molar-refractivity contribution in [3.05, 3.63) is 44.9 Å². The lowest BCUT2D eigenvalue weighted by Gasteiger charge is -2.06. The Balaban J connectivity index is 2.80. The number of benzene rings is 1. The van der Waals surface area contributed by atoms with Gasteiger partial charge in [-0.15, -0.1) is 11.6 Å². The Labute approximate surface area is 106 Å². The Morgan fingerprint density at radius 2 is 2.25 bits per heavy atom. The predicted molar refractivity (Wildman–Crippen MR) is 66.2 cm³/mol.